The largest absolute Gasteiger partial charge is 0.352 e. The van der Waals surface area contributed by atoms with Crippen LogP contribution in [0.15, 0.2) is 10.9 Å². The fourth-order valence-corrected chi connectivity index (χ4v) is 3.19. The summed E-state index contributed by atoms with van der Waals surface area (Å²) in [5, 5.41) is 7.86. The summed E-state index contributed by atoms with van der Waals surface area (Å²) >= 11 is 1.52. The molecule has 1 aliphatic heterocycles. The van der Waals surface area contributed by atoms with E-state index in [1.54, 1.807) is 10.4 Å². The number of hydrogen-bond donors (Lipinski definition) is 2. The molecular formula is C15H23N5O2S. The molecule has 126 valence electrons. The second-order valence-corrected chi connectivity index (χ2v) is 6.84. The van der Waals surface area contributed by atoms with Crippen LogP contribution in [-0.4, -0.2) is 65.0 Å². The highest BCUT2D eigenvalue weighted by molar-refractivity contribution is 7.07. The first-order valence-electron chi connectivity index (χ1n) is 8.08. The van der Waals surface area contributed by atoms with Crippen LogP contribution >= 0.6 is 11.3 Å². The zero-order valence-electron chi connectivity index (χ0n) is 13.3. The summed E-state index contributed by atoms with van der Waals surface area (Å²) in [6.07, 6.45) is 2.21. The van der Waals surface area contributed by atoms with Crippen molar-refractivity contribution >= 4 is 23.3 Å². The molecular weight excluding hydrogens is 314 g/mol. The maximum Gasteiger partial charge on any atom is 0.317 e. The average Bonchev–Trinajstić information content (AvgIpc) is 3.23. The molecule has 8 heteroatoms. The van der Waals surface area contributed by atoms with Crippen molar-refractivity contribution in [1.82, 2.24) is 25.4 Å². The SMILES string of the molecule is C[C@@H](C(=O)NC1CC1)N1CCN(C(=O)NCc2cscn2)CC1. The van der Waals surface area contributed by atoms with Gasteiger partial charge in [-0.2, -0.15) is 0 Å². The molecule has 3 rings (SSSR count). The third-order valence-corrected chi connectivity index (χ3v) is 4.99. The smallest absolute Gasteiger partial charge is 0.317 e. The standard InChI is InChI=1S/C15H23N5O2S/c1-11(14(21)18-12-2-3-12)19-4-6-20(7-5-19)15(22)16-8-13-9-23-10-17-13/h9-12H,2-8H2,1H3,(H,16,22)(H,18,21)/t11-/m0/s1. The van der Waals surface area contributed by atoms with Gasteiger partial charge in [-0.1, -0.05) is 0 Å². The molecule has 0 bridgehead atoms. The van der Waals surface area contributed by atoms with Crippen LogP contribution in [0.2, 0.25) is 0 Å². The van der Waals surface area contributed by atoms with E-state index in [9.17, 15) is 9.59 Å². The normalized spacial score (nSPS) is 20.1. The van der Waals surface area contributed by atoms with Crippen molar-refractivity contribution in [3.63, 3.8) is 0 Å². The Hall–Kier alpha value is -1.67. The molecule has 0 aromatic carbocycles. The Morgan fingerprint density at radius 3 is 2.70 bits per heavy atom. The topological polar surface area (TPSA) is 77.6 Å². The Morgan fingerprint density at radius 2 is 2.09 bits per heavy atom. The molecule has 2 aliphatic rings. The fraction of sp³-hybridized carbons (Fsp3) is 0.667. The molecule has 7 nitrogen and oxygen atoms in total. The first kappa shape index (κ1) is 16.2. The minimum absolute atomic E-state index is 0.0623. The molecule has 2 N–H and O–H groups in total. The molecule has 3 amide bonds. The van der Waals surface area contributed by atoms with Crippen molar-refractivity contribution in [2.75, 3.05) is 26.2 Å². The molecule has 1 aliphatic carbocycles. The lowest BCUT2D eigenvalue weighted by molar-refractivity contribution is -0.126. The summed E-state index contributed by atoms with van der Waals surface area (Å²) in [6.45, 7) is 5.14. The van der Waals surface area contributed by atoms with Crippen LogP contribution in [0.25, 0.3) is 0 Å². The van der Waals surface area contributed by atoms with Crippen molar-refractivity contribution < 1.29 is 9.59 Å². The number of carbonyl (C=O) groups excluding carboxylic acids is 2. The quantitative estimate of drug-likeness (QED) is 0.826. The molecule has 1 aromatic heterocycles. The van der Waals surface area contributed by atoms with E-state index in [0.717, 1.165) is 31.6 Å². The van der Waals surface area contributed by atoms with Crippen LogP contribution in [0.3, 0.4) is 0 Å². The van der Waals surface area contributed by atoms with Gasteiger partial charge in [-0.25, -0.2) is 9.78 Å². The Morgan fingerprint density at radius 1 is 1.35 bits per heavy atom. The van der Waals surface area contributed by atoms with Crippen LogP contribution < -0.4 is 10.6 Å². The molecule has 2 fully saturated rings. The monoisotopic (exact) mass is 337 g/mol. The van der Waals surface area contributed by atoms with Gasteiger partial charge in [0.1, 0.15) is 0 Å². The lowest BCUT2D eigenvalue weighted by atomic mass is 10.2. The molecule has 1 aromatic rings. The van der Waals surface area contributed by atoms with Crippen molar-refractivity contribution in [2.24, 2.45) is 0 Å². The number of piperazine rings is 1. The highest BCUT2D eigenvalue weighted by atomic mass is 32.1. The van der Waals surface area contributed by atoms with Gasteiger partial charge in [0.15, 0.2) is 0 Å². The number of aromatic nitrogens is 1. The lowest BCUT2D eigenvalue weighted by Gasteiger charge is -2.37. The Kier molecular flexibility index (Phi) is 5.12. The summed E-state index contributed by atoms with van der Waals surface area (Å²) in [5.74, 6) is 0.105. The van der Waals surface area contributed by atoms with Crippen LogP contribution in [-0.2, 0) is 11.3 Å². The highest BCUT2D eigenvalue weighted by Crippen LogP contribution is 2.19. The van der Waals surface area contributed by atoms with Crippen LogP contribution in [0, 0.1) is 0 Å². The number of urea groups is 1. The van der Waals surface area contributed by atoms with E-state index in [1.165, 1.54) is 11.3 Å². The average molecular weight is 337 g/mol. The molecule has 1 atom stereocenters. The second kappa shape index (κ2) is 7.27. The predicted octanol–water partition coefficient (Wildman–Crippen LogP) is 0.637. The lowest BCUT2D eigenvalue weighted by Crippen LogP contribution is -2.56. The maximum absolute atomic E-state index is 12.2. The molecule has 0 radical (unpaired) electrons. The molecule has 2 heterocycles. The van der Waals surface area contributed by atoms with E-state index < -0.39 is 0 Å². The third kappa shape index (κ3) is 4.42. The Bertz CT molecular complexity index is 538. The fourth-order valence-electron chi connectivity index (χ4n) is 2.63. The summed E-state index contributed by atoms with van der Waals surface area (Å²) < 4.78 is 0. The van der Waals surface area contributed by atoms with Crippen molar-refractivity contribution in [1.29, 1.82) is 0 Å². The van der Waals surface area contributed by atoms with Gasteiger partial charge in [-0.3, -0.25) is 9.69 Å². The highest BCUT2D eigenvalue weighted by Gasteiger charge is 2.30. The summed E-state index contributed by atoms with van der Waals surface area (Å²) in [5.41, 5.74) is 2.64. The van der Waals surface area contributed by atoms with Gasteiger partial charge in [0, 0.05) is 37.6 Å². The zero-order valence-corrected chi connectivity index (χ0v) is 14.1. The van der Waals surface area contributed by atoms with E-state index in [1.807, 2.05) is 12.3 Å². The second-order valence-electron chi connectivity index (χ2n) is 6.12. The number of hydrogen-bond acceptors (Lipinski definition) is 5. The van der Waals surface area contributed by atoms with Gasteiger partial charge in [0.25, 0.3) is 0 Å². The van der Waals surface area contributed by atoms with Crippen LogP contribution in [0.1, 0.15) is 25.5 Å². The molecule has 0 spiro atoms. The van der Waals surface area contributed by atoms with Gasteiger partial charge in [-0.05, 0) is 19.8 Å². The predicted molar refractivity (Wildman–Crippen MR) is 88.1 cm³/mol. The van der Waals surface area contributed by atoms with E-state index >= 15 is 0 Å². The number of rotatable bonds is 5. The zero-order chi connectivity index (χ0) is 16.2. The maximum atomic E-state index is 12.2. The van der Waals surface area contributed by atoms with E-state index in [0.29, 0.717) is 25.7 Å². The number of nitrogens with one attached hydrogen (secondary N) is 2. The number of nitrogens with zero attached hydrogens (tertiary/aromatic N) is 3. The molecule has 1 saturated carbocycles. The number of carbonyl (C=O) groups is 2. The molecule has 0 unspecified atom stereocenters. The molecule has 23 heavy (non-hydrogen) atoms. The van der Waals surface area contributed by atoms with Gasteiger partial charge in [0.05, 0.1) is 23.8 Å². The first-order valence-corrected chi connectivity index (χ1v) is 9.02. The Balaban J connectivity index is 1.40. The first-order chi connectivity index (χ1) is 11.1. The number of thiazole rings is 1. The van der Waals surface area contributed by atoms with E-state index in [2.05, 4.69) is 20.5 Å². The minimum Gasteiger partial charge on any atom is -0.352 e. The van der Waals surface area contributed by atoms with Gasteiger partial charge >= 0.3 is 6.03 Å². The van der Waals surface area contributed by atoms with Gasteiger partial charge in [0.2, 0.25) is 5.91 Å². The summed E-state index contributed by atoms with van der Waals surface area (Å²) in [6, 6.07) is 0.200. The van der Waals surface area contributed by atoms with E-state index in [4.69, 9.17) is 0 Å². The van der Waals surface area contributed by atoms with Crippen LogP contribution in [0.5, 0.6) is 0 Å². The van der Waals surface area contributed by atoms with Crippen molar-refractivity contribution in [3.05, 3.63) is 16.6 Å². The minimum atomic E-state index is -0.129. The summed E-state index contributed by atoms with van der Waals surface area (Å²) in [7, 11) is 0. The third-order valence-electron chi connectivity index (χ3n) is 4.36. The van der Waals surface area contributed by atoms with Gasteiger partial charge in [-0.15, -0.1) is 11.3 Å². The Labute approximate surface area is 140 Å². The van der Waals surface area contributed by atoms with Crippen molar-refractivity contribution in [2.45, 2.75) is 38.4 Å². The summed E-state index contributed by atoms with van der Waals surface area (Å²) in [4.78, 5) is 32.3. The van der Waals surface area contributed by atoms with Gasteiger partial charge < -0.3 is 15.5 Å². The van der Waals surface area contributed by atoms with Crippen LogP contribution in [0.4, 0.5) is 4.79 Å². The number of amides is 3. The molecule has 1 saturated heterocycles. The van der Waals surface area contributed by atoms with E-state index in [-0.39, 0.29) is 18.0 Å². The van der Waals surface area contributed by atoms with Crippen molar-refractivity contribution in [3.8, 4) is 0 Å².